The molecule has 0 saturated carbocycles. The van der Waals surface area contributed by atoms with E-state index < -0.39 is 24.2 Å². The van der Waals surface area contributed by atoms with Crippen LogP contribution in [0.4, 0.5) is 19.0 Å². The smallest absolute Gasteiger partial charge is 0.362 e. The summed E-state index contributed by atoms with van der Waals surface area (Å²) in [6, 6.07) is 3.97. The van der Waals surface area contributed by atoms with Crippen molar-refractivity contribution in [3.05, 3.63) is 45.6 Å². The molecular formula is C17H17Cl2F3N4O. The second kappa shape index (κ2) is 7.59. The van der Waals surface area contributed by atoms with Gasteiger partial charge in [0.2, 0.25) is 0 Å². The summed E-state index contributed by atoms with van der Waals surface area (Å²) in [7, 11) is 0. The van der Waals surface area contributed by atoms with E-state index in [4.69, 9.17) is 23.2 Å². The third kappa shape index (κ3) is 4.01. The molecule has 0 radical (unpaired) electrons. The summed E-state index contributed by atoms with van der Waals surface area (Å²) in [6.45, 7) is 2.24. The van der Waals surface area contributed by atoms with E-state index in [1.807, 2.05) is 6.92 Å². The van der Waals surface area contributed by atoms with E-state index >= 15 is 0 Å². The van der Waals surface area contributed by atoms with Crippen LogP contribution in [0.25, 0.3) is 0 Å². The highest BCUT2D eigenvalue weighted by atomic mass is 35.5. The van der Waals surface area contributed by atoms with Gasteiger partial charge in [-0.1, -0.05) is 42.3 Å². The van der Waals surface area contributed by atoms with Gasteiger partial charge in [0, 0.05) is 18.0 Å². The molecule has 0 aliphatic carbocycles. The molecule has 27 heavy (non-hydrogen) atoms. The van der Waals surface area contributed by atoms with Crippen molar-refractivity contribution in [2.24, 2.45) is 0 Å². The molecule has 0 bridgehead atoms. The monoisotopic (exact) mass is 420 g/mol. The highest BCUT2D eigenvalue weighted by Gasteiger charge is 2.47. The van der Waals surface area contributed by atoms with Crippen molar-refractivity contribution in [1.82, 2.24) is 15.1 Å². The number of anilines is 1. The molecule has 1 aliphatic heterocycles. The molecule has 0 fully saturated rings. The first-order valence-corrected chi connectivity index (χ1v) is 9.12. The number of rotatable bonds is 4. The number of fused-ring (bicyclic) bond motifs is 1. The number of hydrogen-bond acceptors (Lipinski definition) is 3. The minimum atomic E-state index is -4.55. The largest absolute Gasteiger partial charge is 0.410 e. The lowest BCUT2D eigenvalue weighted by Gasteiger charge is -2.33. The zero-order chi connectivity index (χ0) is 19.8. The van der Waals surface area contributed by atoms with Gasteiger partial charge in [0.25, 0.3) is 5.91 Å². The van der Waals surface area contributed by atoms with Gasteiger partial charge in [0.05, 0.1) is 6.04 Å². The van der Waals surface area contributed by atoms with Crippen LogP contribution in [-0.4, -0.2) is 28.4 Å². The highest BCUT2D eigenvalue weighted by molar-refractivity contribution is 6.36. The Morgan fingerprint density at radius 3 is 2.59 bits per heavy atom. The van der Waals surface area contributed by atoms with Gasteiger partial charge in [-0.3, -0.25) is 4.79 Å². The van der Waals surface area contributed by atoms with Crippen molar-refractivity contribution in [2.45, 2.75) is 38.0 Å². The maximum Gasteiger partial charge on any atom is 0.410 e. The van der Waals surface area contributed by atoms with Crippen molar-refractivity contribution in [2.75, 3.05) is 11.9 Å². The van der Waals surface area contributed by atoms with Crippen molar-refractivity contribution < 1.29 is 18.0 Å². The number of hydrogen-bond donors (Lipinski definition) is 2. The first-order valence-electron chi connectivity index (χ1n) is 8.37. The Labute approximate surface area is 163 Å². The number of nitrogens with zero attached hydrogens (tertiary/aromatic N) is 2. The molecule has 2 N–H and O–H groups in total. The van der Waals surface area contributed by atoms with E-state index in [0.29, 0.717) is 23.6 Å². The van der Waals surface area contributed by atoms with Gasteiger partial charge in [-0.15, -0.1) is 0 Å². The second-order valence-electron chi connectivity index (χ2n) is 6.25. The van der Waals surface area contributed by atoms with Crippen LogP contribution in [-0.2, 0) is 0 Å². The number of benzene rings is 1. The number of alkyl halides is 3. The van der Waals surface area contributed by atoms with Crippen LogP contribution in [0, 0.1) is 0 Å². The molecule has 1 amide bonds. The Morgan fingerprint density at radius 1 is 1.33 bits per heavy atom. The summed E-state index contributed by atoms with van der Waals surface area (Å²) >= 11 is 12.1. The Morgan fingerprint density at radius 2 is 2.00 bits per heavy atom. The Balaban J connectivity index is 2.01. The number of carbonyl (C=O) groups is 1. The molecular weight excluding hydrogens is 404 g/mol. The molecule has 1 aromatic carbocycles. The molecule has 0 spiro atoms. The molecule has 2 aromatic rings. The van der Waals surface area contributed by atoms with E-state index in [9.17, 15) is 18.0 Å². The number of halogens is 5. The summed E-state index contributed by atoms with van der Waals surface area (Å²) in [4.78, 5) is 12.2. The van der Waals surface area contributed by atoms with Crippen LogP contribution in [0.2, 0.25) is 10.0 Å². The predicted molar refractivity (Wildman–Crippen MR) is 97.4 cm³/mol. The molecule has 10 heteroatoms. The minimum Gasteiger partial charge on any atom is -0.362 e. The topological polar surface area (TPSA) is 59.0 Å². The van der Waals surface area contributed by atoms with Crippen LogP contribution >= 0.6 is 23.2 Å². The lowest BCUT2D eigenvalue weighted by Crippen LogP contribution is -2.36. The molecule has 3 rings (SSSR count). The normalized spacial score (nSPS) is 19.3. The van der Waals surface area contributed by atoms with E-state index in [1.165, 1.54) is 0 Å². The number of carbonyl (C=O) groups excluding carboxylic acids is 1. The van der Waals surface area contributed by atoms with Crippen molar-refractivity contribution >= 4 is 34.9 Å². The summed E-state index contributed by atoms with van der Waals surface area (Å²) in [6.07, 6.45) is -4.15. The SMILES string of the molecule is CCCNC(=O)c1nn2c(c1Cl)N[C@H](c1ccc(Cl)cc1)C[C@H]2C(F)(F)F. The Hall–Kier alpha value is -1.93. The van der Waals surface area contributed by atoms with Crippen LogP contribution in [0.15, 0.2) is 24.3 Å². The second-order valence-corrected chi connectivity index (χ2v) is 7.07. The van der Waals surface area contributed by atoms with Gasteiger partial charge in [0.15, 0.2) is 11.7 Å². The summed E-state index contributed by atoms with van der Waals surface area (Å²) in [5.41, 5.74) is 0.410. The first kappa shape index (κ1) is 19.8. The molecule has 2 atom stereocenters. The first-order chi connectivity index (χ1) is 12.7. The lowest BCUT2D eigenvalue weighted by molar-refractivity contribution is -0.173. The summed E-state index contributed by atoms with van der Waals surface area (Å²) in [5.74, 6) is -0.624. The molecule has 5 nitrogen and oxygen atoms in total. The fourth-order valence-electron chi connectivity index (χ4n) is 2.97. The minimum absolute atomic E-state index is 0.0214. The molecule has 1 aliphatic rings. The van der Waals surface area contributed by atoms with Gasteiger partial charge in [0.1, 0.15) is 10.8 Å². The maximum atomic E-state index is 13.7. The fourth-order valence-corrected chi connectivity index (χ4v) is 3.36. The van der Waals surface area contributed by atoms with Crippen molar-refractivity contribution in [3.8, 4) is 0 Å². The van der Waals surface area contributed by atoms with Crippen molar-refractivity contribution in [3.63, 3.8) is 0 Å². The Kier molecular flexibility index (Phi) is 5.58. The van der Waals surface area contributed by atoms with Crippen LogP contribution in [0.1, 0.15) is 47.9 Å². The summed E-state index contributed by atoms with van der Waals surface area (Å²) < 4.78 is 41.8. The third-order valence-corrected chi connectivity index (χ3v) is 4.93. The van der Waals surface area contributed by atoms with E-state index in [0.717, 1.165) is 4.68 Å². The zero-order valence-electron chi connectivity index (χ0n) is 14.3. The average molecular weight is 421 g/mol. The third-order valence-electron chi connectivity index (χ3n) is 4.32. The molecule has 1 aromatic heterocycles. The molecule has 0 saturated heterocycles. The highest BCUT2D eigenvalue weighted by Crippen LogP contribution is 2.46. The van der Waals surface area contributed by atoms with Gasteiger partial charge in [-0.2, -0.15) is 18.3 Å². The lowest BCUT2D eigenvalue weighted by atomic mass is 9.97. The van der Waals surface area contributed by atoms with Gasteiger partial charge in [-0.05, 0) is 24.1 Å². The van der Waals surface area contributed by atoms with Crippen LogP contribution in [0.5, 0.6) is 0 Å². The Bertz CT molecular complexity index is 836. The van der Waals surface area contributed by atoms with Crippen LogP contribution < -0.4 is 10.6 Å². The van der Waals surface area contributed by atoms with E-state index in [-0.39, 0.29) is 23.0 Å². The molecule has 2 heterocycles. The van der Waals surface area contributed by atoms with E-state index in [1.54, 1.807) is 24.3 Å². The average Bonchev–Trinajstić information content (AvgIpc) is 2.95. The van der Waals surface area contributed by atoms with Gasteiger partial charge >= 0.3 is 6.18 Å². The zero-order valence-corrected chi connectivity index (χ0v) is 15.8. The number of aromatic nitrogens is 2. The van der Waals surface area contributed by atoms with Gasteiger partial charge in [-0.25, -0.2) is 4.68 Å². The van der Waals surface area contributed by atoms with Crippen LogP contribution in [0.3, 0.4) is 0 Å². The predicted octanol–water partition coefficient (Wildman–Crippen LogP) is 4.99. The number of amides is 1. The molecule has 0 unspecified atom stereocenters. The fraction of sp³-hybridized carbons (Fsp3) is 0.412. The number of nitrogens with one attached hydrogen (secondary N) is 2. The quantitative estimate of drug-likeness (QED) is 0.732. The van der Waals surface area contributed by atoms with Gasteiger partial charge < -0.3 is 10.6 Å². The standard InChI is InChI=1S/C17H17Cl2F3N4O/c1-2-7-23-16(27)14-13(19)15-24-11(9-3-5-10(18)6-4-9)8-12(17(20,21)22)26(15)25-14/h3-6,11-12,24H,2,7-8H2,1H3,(H,23,27)/t11-,12-/m0/s1. The maximum absolute atomic E-state index is 13.7. The molecule has 146 valence electrons. The summed E-state index contributed by atoms with van der Waals surface area (Å²) in [5, 5.41) is 9.78. The van der Waals surface area contributed by atoms with E-state index in [2.05, 4.69) is 15.7 Å². The van der Waals surface area contributed by atoms with Crippen molar-refractivity contribution in [1.29, 1.82) is 0 Å².